The molecule has 5 nitrogen and oxygen atoms in total. The molecular formula is C16H18ClN5. The number of aryl methyl sites for hydroxylation is 1. The average molecular weight is 316 g/mol. The van der Waals surface area contributed by atoms with Gasteiger partial charge in [0.15, 0.2) is 0 Å². The number of nitrogens with two attached hydrogens (primary N) is 2. The van der Waals surface area contributed by atoms with Crippen molar-refractivity contribution in [1.82, 2.24) is 5.32 Å². The summed E-state index contributed by atoms with van der Waals surface area (Å²) in [7, 11) is 0. The van der Waals surface area contributed by atoms with Crippen molar-refractivity contribution < 1.29 is 17.0 Å². The molecule has 0 saturated heterocycles. The molecule has 114 valence electrons. The van der Waals surface area contributed by atoms with Gasteiger partial charge in [0.2, 0.25) is 6.17 Å². The van der Waals surface area contributed by atoms with E-state index in [-0.39, 0.29) is 18.6 Å². The lowest BCUT2D eigenvalue weighted by molar-refractivity contribution is -0.494. The largest absolute Gasteiger partial charge is 1.00 e. The molecule has 0 aromatic heterocycles. The highest BCUT2D eigenvalue weighted by molar-refractivity contribution is 5.96. The molecule has 0 radical (unpaired) electrons. The number of hydrogen-bond donors (Lipinski definition) is 3. The van der Waals surface area contributed by atoms with Crippen molar-refractivity contribution in [3.63, 3.8) is 0 Å². The van der Waals surface area contributed by atoms with E-state index < -0.39 is 0 Å². The quantitative estimate of drug-likeness (QED) is 0.595. The number of nitrogens with one attached hydrogen (secondary N) is 1. The van der Waals surface area contributed by atoms with Gasteiger partial charge in [-0.25, -0.2) is 9.89 Å². The van der Waals surface area contributed by atoms with E-state index in [1.165, 1.54) is 5.56 Å². The molecule has 6 heteroatoms. The Kier molecular flexibility index (Phi) is 4.68. The first kappa shape index (κ1) is 15.9. The Hall–Kier alpha value is -2.53. The average Bonchev–Trinajstić information content (AvgIpc) is 2.49. The van der Waals surface area contributed by atoms with Gasteiger partial charge in [0.25, 0.3) is 5.96 Å². The van der Waals surface area contributed by atoms with Gasteiger partial charge < -0.3 is 18.1 Å². The second-order valence-electron chi connectivity index (χ2n) is 5.01. The van der Waals surface area contributed by atoms with Crippen LogP contribution in [0.2, 0.25) is 0 Å². The SMILES string of the molecule is Cc1ccc([N+]2=C(N)NC(N)=NC2c2ccccc2)cc1.[Cl-]. The first-order chi connectivity index (χ1) is 10.1. The molecule has 0 aliphatic carbocycles. The monoisotopic (exact) mass is 315 g/mol. The smallest absolute Gasteiger partial charge is 0.357 e. The van der Waals surface area contributed by atoms with Gasteiger partial charge in [-0.1, -0.05) is 48.0 Å². The molecule has 2 aromatic carbocycles. The standard InChI is InChI=1S/C16H17N5.ClH/c1-11-7-9-13(10-8-11)21-14(12-5-3-2-4-6-12)19-15(17)20-16(21)18;/h2-10,14H,1H3,(H4,17,18,19,20);1H. The minimum absolute atomic E-state index is 0. The minimum Gasteiger partial charge on any atom is -1.00 e. The summed E-state index contributed by atoms with van der Waals surface area (Å²) < 4.78 is 1.94. The summed E-state index contributed by atoms with van der Waals surface area (Å²) in [5.74, 6) is 0.796. The van der Waals surface area contributed by atoms with Crippen LogP contribution in [0.5, 0.6) is 0 Å². The van der Waals surface area contributed by atoms with Crippen LogP contribution < -0.4 is 29.2 Å². The van der Waals surface area contributed by atoms with E-state index in [9.17, 15) is 0 Å². The molecule has 3 rings (SSSR count). The molecule has 0 saturated carbocycles. The maximum Gasteiger partial charge on any atom is 0.357 e. The zero-order chi connectivity index (χ0) is 14.8. The Balaban J connectivity index is 0.00000176. The van der Waals surface area contributed by atoms with Crippen LogP contribution in [-0.2, 0) is 0 Å². The molecule has 5 N–H and O–H groups in total. The summed E-state index contributed by atoms with van der Waals surface area (Å²) in [6.45, 7) is 2.05. The summed E-state index contributed by atoms with van der Waals surface area (Å²) in [6, 6.07) is 18.1. The molecular weight excluding hydrogens is 298 g/mol. The van der Waals surface area contributed by atoms with Gasteiger partial charge in [-0.2, -0.15) is 4.99 Å². The topological polar surface area (TPSA) is 79.4 Å². The molecule has 0 bridgehead atoms. The lowest BCUT2D eigenvalue weighted by Gasteiger charge is -2.22. The van der Waals surface area contributed by atoms with E-state index in [1.54, 1.807) is 0 Å². The van der Waals surface area contributed by atoms with Gasteiger partial charge in [-0.15, -0.1) is 0 Å². The summed E-state index contributed by atoms with van der Waals surface area (Å²) in [5, 5.41) is 2.89. The van der Waals surface area contributed by atoms with Crippen LogP contribution in [0.15, 0.2) is 59.6 Å². The number of benzene rings is 2. The van der Waals surface area contributed by atoms with Crippen LogP contribution in [0.4, 0.5) is 5.69 Å². The maximum absolute atomic E-state index is 6.14. The molecule has 1 aliphatic rings. The van der Waals surface area contributed by atoms with Crippen LogP contribution >= 0.6 is 0 Å². The van der Waals surface area contributed by atoms with Crippen molar-refractivity contribution in [3.05, 3.63) is 65.7 Å². The third-order valence-electron chi connectivity index (χ3n) is 3.43. The second-order valence-corrected chi connectivity index (χ2v) is 5.01. The van der Waals surface area contributed by atoms with Crippen LogP contribution in [-0.4, -0.2) is 16.5 Å². The van der Waals surface area contributed by atoms with Gasteiger partial charge in [0.1, 0.15) is 5.69 Å². The zero-order valence-electron chi connectivity index (χ0n) is 12.2. The molecule has 22 heavy (non-hydrogen) atoms. The van der Waals surface area contributed by atoms with Gasteiger partial charge in [0.05, 0.1) is 0 Å². The summed E-state index contributed by atoms with van der Waals surface area (Å²) in [5.41, 5.74) is 15.2. The molecule has 2 aromatic rings. The van der Waals surface area contributed by atoms with Crippen molar-refractivity contribution in [2.45, 2.75) is 13.1 Å². The number of hydrogen-bond acceptors (Lipinski definition) is 4. The highest BCUT2D eigenvalue weighted by atomic mass is 35.5. The molecule has 1 atom stereocenters. The highest BCUT2D eigenvalue weighted by Gasteiger charge is 2.28. The van der Waals surface area contributed by atoms with Crippen LogP contribution in [0, 0.1) is 6.92 Å². The Morgan fingerprint density at radius 3 is 2.27 bits per heavy atom. The molecule has 0 spiro atoms. The lowest BCUT2D eigenvalue weighted by Crippen LogP contribution is -3.00. The summed E-state index contributed by atoms with van der Waals surface area (Å²) in [6.07, 6.45) is -0.268. The molecule has 0 fully saturated rings. The molecule has 1 aliphatic heterocycles. The van der Waals surface area contributed by atoms with Crippen molar-refractivity contribution in [2.24, 2.45) is 16.5 Å². The van der Waals surface area contributed by atoms with E-state index in [1.807, 2.05) is 59.2 Å². The zero-order valence-corrected chi connectivity index (χ0v) is 13.0. The Bertz CT molecular complexity index is 707. The highest BCUT2D eigenvalue weighted by Crippen LogP contribution is 2.27. The van der Waals surface area contributed by atoms with Crippen molar-refractivity contribution >= 4 is 17.6 Å². The fourth-order valence-corrected chi connectivity index (χ4v) is 2.38. The fraction of sp³-hybridized carbons (Fsp3) is 0.125. The fourth-order valence-electron chi connectivity index (χ4n) is 2.38. The van der Waals surface area contributed by atoms with Crippen LogP contribution in [0.25, 0.3) is 0 Å². The third kappa shape index (κ3) is 3.04. The second kappa shape index (κ2) is 6.49. The molecule has 0 amide bonds. The van der Waals surface area contributed by atoms with Crippen molar-refractivity contribution in [2.75, 3.05) is 0 Å². The minimum atomic E-state index is -0.268. The molecule has 1 unspecified atom stereocenters. The first-order valence-electron chi connectivity index (χ1n) is 6.79. The number of aliphatic imine (C=N–C) groups is 1. The van der Waals surface area contributed by atoms with E-state index in [2.05, 4.69) is 17.2 Å². The van der Waals surface area contributed by atoms with Gasteiger partial charge >= 0.3 is 5.96 Å². The number of rotatable bonds is 2. The van der Waals surface area contributed by atoms with Gasteiger partial charge in [-0.05, 0) is 19.1 Å². The number of guanidine groups is 2. The van der Waals surface area contributed by atoms with E-state index >= 15 is 0 Å². The van der Waals surface area contributed by atoms with Crippen LogP contribution in [0.1, 0.15) is 17.3 Å². The van der Waals surface area contributed by atoms with Crippen molar-refractivity contribution in [3.8, 4) is 0 Å². The number of nitrogens with zero attached hydrogens (tertiary/aromatic N) is 2. The Labute approximate surface area is 135 Å². The lowest BCUT2D eigenvalue weighted by atomic mass is 10.1. The van der Waals surface area contributed by atoms with Crippen molar-refractivity contribution in [1.29, 1.82) is 0 Å². The third-order valence-corrected chi connectivity index (χ3v) is 3.43. The van der Waals surface area contributed by atoms with E-state index in [4.69, 9.17) is 11.5 Å². The predicted molar refractivity (Wildman–Crippen MR) is 84.2 cm³/mol. The maximum atomic E-state index is 6.14. The molecule has 1 heterocycles. The van der Waals surface area contributed by atoms with E-state index in [0.717, 1.165) is 11.3 Å². The Morgan fingerprint density at radius 1 is 1.00 bits per heavy atom. The first-order valence-corrected chi connectivity index (χ1v) is 6.79. The normalized spacial score (nSPS) is 17.3. The number of halogens is 1. The van der Waals surface area contributed by atoms with Gasteiger partial charge in [0, 0.05) is 5.56 Å². The summed E-state index contributed by atoms with van der Waals surface area (Å²) >= 11 is 0. The van der Waals surface area contributed by atoms with Gasteiger partial charge in [-0.3, -0.25) is 5.73 Å². The predicted octanol–water partition coefficient (Wildman–Crippen LogP) is -1.43. The van der Waals surface area contributed by atoms with Crippen LogP contribution in [0.3, 0.4) is 0 Å². The Morgan fingerprint density at radius 2 is 1.64 bits per heavy atom. The van der Waals surface area contributed by atoms with E-state index in [0.29, 0.717) is 11.9 Å². The summed E-state index contributed by atoms with van der Waals surface area (Å²) in [4.78, 5) is 4.49.